The maximum atomic E-state index is 10.9. The number of phenolic OH excluding ortho intramolecular Hbond substituents is 1. The van der Waals surface area contributed by atoms with Gasteiger partial charge in [-0.05, 0) is 23.1 Å². The summed E-state index contributed by atoms with van der Waals surface area (Å²) in [6.45, 7) is 7.48. The summed E-state index contributed by atoms with van der Waals surface area (Å²) in [4.78, 5) is 10.9. The van der Waals surface area contributed by atoms with Gasteiger partial charge in [0.15, 0.2) is 5.12 Å². The summed E-state index contributed by atoms with van der Waals surface area (Å²) in [5.74, 6) is 0.0350. The third kappa shape index (κ3) is 4.51. The first kappa shape index (κ1) is 17.0. The zero-order chi connectivity index (χ0) is 15.5. The molecule has 0 saturated heterocycles. The van der Waals surface area contributed by atoms with E-state index >= 15 is 0 Å². The van der Waals surface area contributed by atoms with Crippen LogP contribution >= 0.6 is 11.8 Å². The van der Waals surface area contributed by atoms with Gasteiger partial charge in [0, 0.05) is 18.2 Å². The molecular formula is C15H22O4S. The molecule has 112 valence electrons. The van der Waals surface area contributed by atoms with Crippen LogP contribution in [0.5, 0.6) is 5.75 Å². The summed E-state index contributed by atoms with van der Waals surface area (Å²) in [6.07, 6.45) is -2.32. The molecule has 20 heavy (non-hydrogen) atoms. The lowest BCUT2D eigenvalue weighted by atomic mass is 9.85. The minimum Gasteiger partial charge on any atom is -0.508 e. The Hall–Kier alpha value is -1.04. The maximum Gasteiger partial charge on any atom is 0.185 e. The maximum absolute atomic E-state index is 10.9. The molecule has 0 amide bonds. The van der Waals surface area contributed by atoms with Gasteiger partial charge in [-0.2, -0.15) is 0 Å². The smallest absolute Gasteiger partial charge is 0.185 e. The van der Waals surface area contributed by atoms with E-state index in [1.165, 1.54) is 13.0 Å². The van der Waals surface area contributed by atoms with Gasteiger partial charge in [0.2, 0.25) is 0 Å². The van der Waals surface area contributed by atoms with Crippen molar-refractivity contribution >= 4 is 16.9 Å². The highest BCUT2D eigenvalue weighted by Crippen LogP contribution is 2.32. The first-order chi connectivity index (χ1) is 9.12. The normalized spacial score (nSPS) is 14.9. The third-order valence-corrected chi connectivity index (χ3v) is 3.95. The molecule has 0 aliphatic heterocycles. The molecule has 0 aliphatic rings. The van der Waals surface area contributed by atoms with Crippen LogP contribution in [-0.2, 0) is 10.2 Å². The van der Waals surface area contributed by atoms with E-state index in [1.807, 2.05) is 20.8 Å². The highest BCUT2D eigenvalue weighted by molar-refractivity contribution is 8.13. The van der Waals surface area contributed by atoms with Crippen LogP contribution in [-0.4, -0.2) is 32.3 Å². The molecule has 2 atom stereocenters. The summed E-state index contributed by atoms with van der Waals surface area (Å²) in [7, 11) is 0. The second-order valence-corrected chi connectivity index (χ2v) is 7.04. The van der Waals surface area contributed by atoms with E-state index in [4.69, 9.17) is 0 Å². The lowest BCUT2D eigenvalue weighted by molar-refractivity contribution is -0.109. The Morgan fingerprint density at radius 2 is 1.90 bits per heavy atom. The van der Waals surface area contributed by atoms with Crippen molar-refractivity contribution < 1.29 is 20.1 Å². The Kier molecular flexibility index (Phi) is 5.62. The highest BCUT2D eigenvalue weighted by Gasteiger charge is 2.24. The number of hydrogen-bond donors (Lipinski definition) is 3. The predicted octanol–water partition coefficient (Wildman–Crippen LogP) is 2.36. The lowest BCUT2D eigenvalue weighted by Crippen LogP contribution is -2.22. The van der Waals surface area contributed by atoms with Gasteiger partial charge in [-0.15, -0.1) is 0 Å². The van der Waals surface area contributed by atoms with Crippen LogP contribution in [0.1, 0.15) is 44.9 Å². The molecule has 0 radical (unpaired) electrons. The van der Waals surface area contributed by atoms with Crippen molar-refractivity contribution in [2.24, 2.45) is 0 Å². The van der Waals surface area contributed by atoms with Crippen molar-refractivity contribution in [1.82, 2.24) is 0 Å². The average Bonchev–Trinajstić information content (AvgIpc) is 2.34. The van der Waals surface area contributed by atoms with Gasteiger partial charge >= 0.3 is 0 Å². The molecule has 3 N–H and O–H groups in total. The Balaban J connectivity index is 2.97. The molecule has 4 nitrogen and oxygen atoms in total. The second-order valence-electron chi connectivity index (χ2n) is 5.84. The van der Waals surface area contributed by atoms with Crippen molar-refractivity contribution in [1.29, 1.82) is 0 Å². The molecule has 5 heteroatoms. The van der Waals surface area contributed by atoms with Crippen LogP contribution in [0, 0.1) is 0 Å². The standard InChI is InChI=1S/C15H22O4S/c1-9(16)20-8-13(18)14(19)11-7-10(15(2,3)4)5-6-12(11)17/h5-7,13-14,17-19H,8H2,1-4H3. The fourth-order valence-electron chi connectivity index (χ4n) is 1.76. The molecule has 0 spiro atoms. The minimum atomic E-state index is -1.22. The molecule has 0 bridgehead atoms. The van der Waals surface area contributed by atoms with Crippen molar-refractivity contribution in [3.05, 3.63) is 29.3 Å². The fourth-order valence-corrected chi connectivity index (χ4v) is 2.35. The Morgan fingerprint density at radius 3 is 2.40 bits per heavy atom. The van der Waals surface area contributed by atoms with Gasteiger partial charge in [-0.3, -0.25) is 4.79 Å². The van der Waals surface area contributed by atoms with Crippen LogP contribution in [0.25, 0.3) is 0 Å². The summed E-state index contributed by atoms with van der Waals surface area (Å²) in [6, 6.07) is 5.01. The van der Waals surface area contributed by atoms with Crippen molar-refractivity contribution in [3.8, 4) is 5.75 Å². The molecule has 0 aliphatic carbocycles. The largest absolute Gasteiger partial charge is 0.508 e. The first-order valence-corrected chi connectivity index (χ1v) is 7.44. The van der Waals surface area contributed by atoms with Gasteiger partial charge in [0.1, 0.15) is 11.9 Å². The molecule has 0 aromatic heterocycles. The zero-order valence-corrected chi connectivity index (χ0v) is 13.1. The molecule has 1 rings (SSSR count). The number of benzene rings is 1. The highest BCUT2D eigenvalue weighted by atomic mass is 32.2. The van der Waals surface area contributed by atoms with Crippen LogP contribution in [0.2, 0.25) is 0 Å². The monoisotopic (exact) mass is 298 g/mol. The van der Waals surface area contributed by atoms with Gasteiger partial charge in [0.25, 0.3) is 0 Å². The Labute approximate surface area is 123 Å². The minimum absolute atomic E-state index is 0.0580. The first-order valence-electron chi connectivity index (χ1n) is 6.46. The van der Waals surface area contributed by atoms with E-state index in [2.05, 4.69) is 0 Å². The number of hydrogen-bond acceptors (Lipinski definition) is 5. The van der Waals surface area contributed by atoms with E-state index in [9.17, 15) is 20.1 Å². The average molecular weight is 298 g/mol. The summed E-state index contributed by atoms with van der Waals surface area (Å²) < 4.78 is 0. The number of carbonyl (C=O) groups excluding carboxylic acids is 1. The van der Waals surface area contributed by atoms with Crippen LogP contribution < -0.4 is 0 Å². The van der Waals surface area contributed by atoms with E-state index in [-0.39, 0.29) is 27.6 Å². The molecular weight excluding hydrogens is 276 g/mol. The Bertz CT molecular complexity index is 479. The summed E-state index contributed by atoms with van der Waals surface area (Å²) >= 11 is 0.947. The van der Waals surface area contributed by atoms with Crippen LogP contribution in [0.3, 0.4) is 0 Å². The lowest BCUT2D eigenvalue weighted by Gasteiger charge is -2.23. The van der Waals surface area contributed by atoms with Gasteiger partial charge in [-0.25, -0.2) is 0 Å². The van der Waals surface area contributed by atoms with Crippen molar-refractivity contribution in [3.63, 3.8) is 0 Å². The van der Waals surface area contributed by atoms with E-state index in [1.54, 1.807) is 12.1 Å². The van der Waals surface area contributed by atoms with Crippen molar-refractivity contribution in [2.75, 3.05) is 5.75 Å². The molecule has 1 aromatic carbocycles. The predicted molar refractivity (Wildman–Crippen MR) is 80.9 cm³/mol. The Morgan fingerprint density at radius 1 is 1.30 bits per heavy atom. The fraction of sp³-hybridized carbons (Fsp3) is 0.533. The number of aliphatic hydroxyl groups is 2. The van der Waals surface area contributed by atoms with E-state index in [0.29, 0.717) is 0 Å². The number of rotatable bonds is 4. The summed E-state index contributed by atoms with van der Waals surface area (Å²) in [5, 5.41) is 29.8. The number of aliphatic hydroxyl groups excluding tert-OH is 2. The quantitative estimate of drug-likeness (QED) is 0.795. The number of phenols is 1. The SMILES string of the molecule is CC(=O)SCC(O)C(O)c1cc(C(C)(C)C)ccc1O. The van der Waals surface area contributed by atoms with Crippen LogP contribution in [0.4, 0.5) is 0 Å². The third-order valence-electron chi connectivity index (χ3n) is 3.03. The van der Waals surface area contributed by atoms with E-state index < -0.39 is 12.2 Å². The van der Waals surface area contributed by atoms with Crippen molar-refractivity contribution in [2.45, 2.75) is 45.3 Å². The number of thioether (sulfide) groups is 1. The number of carbonyl (C=O) groups is 1. The molecule has 0 fully saturated rings. The van der Waals surface area contributed by atoms with Gasteiger partial charge < -0.3 is 15.3 Å². The van der Waals surface area contributed by atoms with Gasteiger partial charge in [0.05, 0.1) is 6.10 Å². The molecule has 0 saturated carbocycles. The van der Waals surface area contributed by atoms with E-state index in [0.717, 1.165) is 17.3 Å². The van der Waals surface area contributed by atoms with Gasteiger partial charge in [-0.1, -0.05) is 38.6 Å². The molecule has 2 unspecified atom stereocenters. The van der Waals surface area contributed by atoms with Crippen LogP contribution in [0.15, 0.2) is 18.2 Å². The second kappa shape index (κ2) is 6.61. The number of aromatic hydroxyl groups is 1. The zero-order valence-electron chi connectivity index (χ0n) is 12.3. The molecule has 1 aromatic rings. The summed E-state index contributed by atoms with van der Waals surface area (Å²) in [5.41, 5.74) is 1.12. The molecule has 0 heterocycles. The topological polar surface area (TPSA) is 77.8 Å².